The van der Waals surface area contributed by atoms with Gasteiger partial charge in [0.2, 0.25) is 18.2 Å². The van der Waals surface area contributed by atoms with E-state index < -0.39 is 23.6 Å². The van der Waals surface area contributed by atoms with Crippen LogP contribution in [0.1, 0.15) is 23.7 Å². The van der Waals surface area contributed by atoms with E-state index in [1.54, 1.807) is 30.3 Å². The van der Waals surface area contributed by atoms with Crippen LogP contribution in [0.5, 0.6) is 0 Å². The van der Waals surface area contributed by atoms with Crippen LogP contribution in [-0.2, 0) is 9.59 Å². The number of nitrogens with zero attached hydrogens (tertiary/aromatic N) is 2. The number of hydrogen-bond donors (Lipinski definition) is 1. The minimum atomic E-state index is -1.46. The Balaban J connectivity index is 2.29. The summed E-state index contributed by atoms with van der Waals surface area (Å²) in [4.78, 5) is 39.5. The van der Waals surface area contributed by atoms with E-state index in [1.807, 2.05) is 0 Å². The molecule has 0 aliphatic carbocycles. The molecule has 0 radical (unpaired) electrons. The number of amides is 2. The van der Waals surface area contributed by atoms with Crippen LogP contribution in [0.2, 0.25) is 0 Å². The maximum absolute atomic E-state index is 12.7. The van der Waals surface area contributed by atoms with Crippen molar-refractivity contribution in [1.82, 2.24) is 9.80 Å². The van der Waals surface area contributed by atoms with Crippen molar-refractivity contribution < 1.29 is 19.5 Å². The van der Waals surface area contributed by atoms with Gasteiger partial charge in [-0.15, -0.1) is 6.58 Å². The van der Waals surface area contributed by atoms with Crippen LogP contribution in [0.25, 0.3) is 0 Å². The topological polar surface area (TPSA) is 77.9 Å². The van der Waals surface area contributed by atoms with E-state index in [9.17, 15) is 19.5 Å². The predicted octanol–water partition coefficient (Wildman–Crippen LogP) is 1.03. The number of ketones is 1. The van der Waals surface area contributed by atoms with Gasteiger partial charge in [-0.1, -0.05) is 36.4 Å². The Kier molecular flexibility index (Phi) is 4.65. The summed E-state index contributed by atoms with van der Waals surface area (Å²) in [6, 6.07) is 8.51. The Morgan fingerprint density at radius 3 is 2.48 bits per heavy atom. The van der Waals surface area contributed by atoms with Gasteiger partial charge in [-0.3, -0.25) is 19.3 Å². The molecule has 1 aliphatic heterocycles. The van der Waals surface area contributed by atoms with Crippen LogP contribution >= 0.6 is 0 Å². The maximum atomic E-state index is 12.7. The van der Waals surface area contributed by atoms with Crippen molar-refractivity contribution in [3.8, 4) is 0 Å². The standard InChI is InChI=1S/C17H20N2O4/c1-4-10-17(2)14(21)18(3)16(23)19(15(17)22)11-13(20)12-8-6-5-7-9-12/h4-9,16,23H,1,10-11H2,2-3H3. The number of carbonyl (C=O) groups is 3. The van der Waals surface area contributed by atoms with Crippen molar-refractivity contribution >= 4 is 17.6 Å². The van der Waals surface area contributed by atoms with Gasteiger partial charge in [-0.25, -0.2) is 0 Å². The van der Waals surface area contributed by atoms with Crippen molar-refractivity contribution in [2.45, 2.75) is 19.7 Å². The van der Waals surface area contributed by atoms with Gasteiger partial charge in [0.15, 0.2) is 5.78 Å². The van der Waals surface area contributed by atoms with E-state index in [4.69, 9.17) is 0 Å². The Labute approximate surface area is 135 Å². The fraction of sp³-hybridized carbons (Fsp3) is 0.353. The molecule has 6 nitrogen and oxygen atoms in total. The molecule has 1 aliphatic rings. The summed E-state index contributed by atoms with van der Waals surface area (Å²) in [6.07, 6.45) is 0.163. The fourth-order valence-corrected chi connectivity index (χ4v) is 2.70. The third-order valence-corrected chi connectivity index (χ3v) is 4.11. The highest BCUT2D eigenvalue weighted by Gasteiger charge is 2.52. The molecule has 0 bridgehead atoms. The van der Waals surface area contributed by atoms with E-state index >= 15 is 0 Å². The lowest BCUT2D eigenvalue weighted by Crippen LogP contribution is -2.66. The van der Waals surface area contributed by atoms with Crippen LogP contribution < -0.4 is 0 Å². The summed E-state index contributed by atoms with van der Waals surface area (Å²) in [5, 5.41) is 10.2. The van der Waals surface area contributed by atoms with Crippen molar-refractivity contribution in [2.24, 2.45) is 5.41 Å². The average Bonchev–Trinajstić information content (AvgIpc) is 2.56. The highest BCUT2D eigenvalue weighted by Crippen LogP contribution is 2.33. The first-order chi connectivity index (χ1) is 10.8. The second-order valence-corrected chi connectivity index (χ2v) is 5.81. The zero-order chi connectivity index (χ0) is 17.2. The molecule has 1 heterocycles. The number of rotatable bonds is 5. The molecule has 23 heavy (non-hydrogen) atoms. The Morgan fingerprint density at radius 1 is 1.30 bits per heavy atom. The molecule has 2 rings (SSSR count). The van der Waals surface area contributed by atoms with E-state index in [-0.39, 0.29) is 18.7 Å². The Bertz CT molecular complexity index is 643. The van der Waals surface area contributed by atoms with Gasteiger partial charge in [0.25, 0.3) is 0 Å². The first-order valence-electron chi connectivity index (χ1n) is 7.28. The summed E-state index contributed by atoms with van der Waals surface area (Å²) >= 11 is 0. The molecule has 1 aromatic carbocycles. The smallest absolute Gasteiger partial charge is 0.242 e. The minimum Gasteiger partial charge on any atom is -0.356 e. The molecule has 1 N–H and O–H groups in total. The van der Waals surface area contributed by atoms with E-state index in [0.717, 1.165) is 9.80 Å². The summed E-state index contributed by atoms with van der Waals surface area (Å²) < 4.78 is 0. The highest BCUT2D eigenvalue weighted by atomic mass is 16.3. The van der Waals surface area contributed by atoms with E-state index in [1.165, 1.54) is 20.0 Å². The van der Waals surface area contributed by atoms with Gasteiger partial charge >= 0.3 is 0 Å². The van der Waals surface area contributed by atoms with Crippen molar-refractivity contribution in [2.75, 3.05) is 13.6 Å². The van der Waals surface area contributed by atoms with Crippen LogP contribution in [0.3, 0.4) is 0 Å². The van der Waals surface area contributed by atoms with Crippen LogP contribution in [0.15, 0.2) is 43.0 Å². The Morgan fingerprint density at radius 2 is 1.91 bits per heavy atom. The van der Waals surface area contributed by atoms with Crippen LogP contribution in [-0.4, -0.2) is 52.4 Å². The lowest BCUT2D eigenvalue weighted by atomic mass is 9.82. The predicted molar refractivity (Wildman–Crippen MR) is 84.2 cm³/mol. The number of allylic oxidation sites excluding steroid dienone is 1. The normalized spacial score (nSPS) is 24.7. The van der Waals surface area contributed by atoms with Gasteiger partial charge in [0, 0.05) is 12.6 Å². The second kappa shape index (κ2) is 6.34. The number of aliphatic hydroxyl groups is 1. The molecule has 0 saturated carbocycles. The van der Waals surface area contributed by atoms with Crippen LogP contribution in [0, 0.1) is 5.41 Å². The van der Waals surface area contributed by atoms with Gasteiger partial charge in [-0.05, 0) is 13.3 Å². The zero-order valence-electron chi connectivity index (χ0n) is 13.2. The largest absolute Gasteiger partial charge is 0.356 e. The lowest BCUT2D eigenvalue weighted by Gasteiger charge is -2.45. The summed E-state index contributed by atoms with van der Waals surface area (Å²) in [7, 11) is 1.40. The zero-order valence-corrected chi connectivity index (χ0v) is 13.2. The van der Waals surface area contributed by atoms with Crippen molar-refractivity contribution in [3.05, 3.63) is 48.6 Å². The molecule has 2 atom stereocenters. The van der Waals surface area contributed by atoms with Crippen molar-refractivity contribution in [3.63, 3.8) is 0 Å². The van der Waals surface area contributed by atoms with Gasteiger partial charge in [0.05, 0.1) is 6.54 Å². The lowest BCUT2D eigenvalue weighted by molar-refractivity contribution is -0.193. The van der Waals surface area contributed by atoms with E-state index in [2.05, 4.69) is 6.58 Å². The molecule has 6 heteroatoms. The Hall–Kier alpha value is -2.47. The van der Waals surface area contributed by atoms with Crippen LogP contribution in [0.4, 0.5) is 0 Å². The molecule has 122 valence electrons. The number of carbonyl (C=O) groups excluding carboxylic acids is 3. The fourth-order valence-electron chi connectivity index (χ4n) is 2.70. The number of aliphatic hydroxyl groups excluding tert-OH is 1. The van der Waals surface area contributed by atoms with Gasteiger partial charge in [0.1, 0.15) is 5.41 Å². The third-order valence-electron chi connectivity index (χ3n) is 4.11. The van der Waals surface area contributed by atoms with Crippen molar-refractivity contribution in [1.29, 1.82) is 0 Å². The average molecular weight is 316 g/mol. The summed E-state index contributed by atoms with van der Waals surface area (Å²) in [5.41, 5.74) is -0.912. The molecule has 1 fully saturated rings. The van der Waals surface area contributed by atoms with Gasteiger partial charge in [-0.2, -0.15) is 0 Å². The summed E-state index contributed by atoms with van der Waals surface area (Å²) in [6.45, 7) is 4.78. The SMILES string of the molecule is C=CCC1(C)C(=O)N(C)C(O)N(CC(=O)c2ccccc2)C1=O. The number of benzene rings is 1. The molecule has 0 aromatic heterocycles. The number of hydrogen-bond acceptors (Lipinski definition) is 4. The maximum Gasteiger partial charge on any atom is 0.242 e. The monoisotopic (exact) mass is 316 g/mol. The molecule has 0 spiro atoms. The molecular formula is C17H20N2O4. The van der Waals surface area contributed by atoms with Gasteiger partial charge < -0.3 is 10.0 Å². The first kappa shape index (κ1) is 16.9. The molecule has 1 saturated heterocycles. The summed E-state index contributed by atoms with van der Waals surface area (Å²) in [5.74, 6) is -1.36. The molecule has 1 aromatic rings. The minimum absolute atomic E-state index is 0.137. The second-order valence-electron chi connectivity index (χ2n) is 5.81. The first-order valence-corrected chi connectivity index (χ1v) is 7.28. The molecular weight excluding hydrogens is 296 g/mol. The highest BCUT2D eigenvalue weighted by molar-refractivity contribution is 6.08. The molecule has 2 unspecified atom stereocenters. The number of Topliss-reactive ketones (excluding diaryl/α,β-unsaturated/α-hetero) is 1. The van der Waals surface area contributed by atoms with E-state index in [0.29, 0.717) is 5.56 Å². The quantitative estimate of drug-likeness (QED) is 0.500. The third kappa shape index (κ3) is 2.90. The molecule has 2 amide bonds.